The van der Waals surface area contributed by atoms with Crippen LogP contribution in [0.4, 0.5) is 0 Å². The Morgan fingerprint density at radius 2 is 1.92 bits per heavy atom. The van der Waals surface area contributed by atoms with Crippen molar-refractivity contribution in [2.45, 2.75) is 26.9 Å². The number of nitriles is 1. The molecule has 0 fully saturated rings. The van der Waals surface area contributed by atoms with Gasteiger partial charge in [-0.1, -0.05) is 24.3 Å². The lowest BCUT2D eigenvalue weighted by atomic mass is 10.0. The van der Waals surface area contributed by atoms with Gasteiger partial charge in [0, 0.05) is 10.9 Å². The van der Waals surface area contributed by atoms with E-state index in [1.807, 2.05) is 26.0 Å². The smallest absolute Gasteiger partial charge is 0.310 e. The molecule has 0 N–H and O–H groups in total. The van der Waals surface area contributed by atoms with E-state index in [0.29, 0.717) is 5.56 Å². The van der Waals surface area contributed by atoms with Gasteiger partial charge >= 0.3 is 5.97 Å². The monoisotopic (exact) mass is 319 g/mol. The first-order valence-corrected chi connectivity index (χ1v) is 7.69. The van der Waals surface area contributed by atoms with Crippen LogP contribution in [0, 0.1) is 25.2 Å². The van der Waals surface area contributed by atoms with Gasteiger partial charge in [-0.05, 0) is 42.7 Å². The maximum atomic E-state index is 12.1. The Morgan fingerprint density at radius 3 is 2.62 bits per heavy atom. The van der Waals surface area contributed by atoms with Gasteiger partial charge in [0.2, 0.25) is 0 Å². The molecule has 0 saturated carbocycles. The maximum absolute atomic E-state index is 12.1. The average Bonchev–Trinajstić information content (AvgIpc) is 3.00. The van der Waals surface area contributed by atoms with Crippen molar-refractivity contribution in [3.63, 3.8) is 0 Å². The summed E-state index contributed by atoms with van der Waals surface area (Å²) < 4.78 is 10.9. The van der Waals surface area contributed by atoms with Crippen molar-refractivity contribution in [2.75, 3.05) is 0 Å². The number of esters is 1. The van der Waals surface area contributed by atoms with E-state index in [1.54, 1.807) is 30.5 Å². The highest BCUT2D eigenvalue weighted by Crippen LogP contribution is 2.27. The van der Waals surface area contributed by atoms with E-state index in [9.17, 15) is 4.79 Å². The van der Waals surface area contributed by atoms with Crippen LogP contribution in [0.3, 0.4) is 0 Å². The molecule has 1 heterocycles. The van der Waals surface area contributed by atoms with Crippen molar-refractivity contribution in [2.24, 2.45) is 0 Å². The van der Waals surface area contributed by atoms with Gasteiger partial charge in [0.25, 0.3) is 0 Å². The summed E-state index contributed by atoms with van der Waals surface area (Å²) in [4.78, 5) is 12.1. The summed E-state index contributed by atoms with van der Waals surface area (Å²) in [6, 6.07) is 13.0. The Kier molecular flexibility index (Phi) is 4.35. The number of ether oxygens (including phenoxy) is 1. The summed E-state index contributed by atoms with van der Waals surface area (Å²) in [7, 11) is 0. The Hall–Kier alpha value is -3.06. The molecule has 24 heavy (non-hydrogen) atoms. The van der Waals surface area contributed by atoms with Crippen LogP contribution in [-0.2, 0) is 22.6 Å². The van der Waals surface area contributed by atoms with E-state index >= 15 is 0 Å². The summed E-state index contributed by atoms with van der Waals surface area (Å²) >= 11 is 0. The number of fused-ring (bicyclic) bond motifs is 1. The van der Waals surface area contributed by atoms with E-state index in [1.165, 1.54) is 0 Å². The van der Waals surface area contributed by atoms with Crippen molar-refractivity contribution in [3.8, 4) is 6.07 Å². The predicted molar refractivity (Wildman–Crippen MR) is 90.3 cm³/mol. The van der Waals surface area contributed by atoms with Crippen LogP contribution in [0.15, 0.2) is 47.1 Å². The molecule has 0 aliphatic carbocycles. The number of carbonyl (C=O) groups excluding carboxylic acids is 1. The van der Waals surface area contributed by atoms with E-state index in [2.05, 4.69) is 6.07 Å². The second-order valence-electron chi connectivity index (χ2n) is 5.79. The maximum Gasteiger partial charge on any atom is 0.310 e. The van der Waals surface area contributed by atoms with Crippen LogP contribution in [0.5, 0.6) is 0 Å². The van der Waals surface area contributed by atoms with Crippen LogP contribution < -0.4 is 0 Å². The second-order valence-corrected chi connectivity index (χ2v) is 5.79. The molecule has 0 bridgehead atoms. The third-order valence-electron chi connectivity index (χ3n) is 4.16. The highest BCUT2D eigenvalue weighted by Gasteiger charge is 2.13. The van der Waals surface area contributed by atoms with Crippen molar-refractivity contribution in [1.82, 2.24) is 0 Å². The van der Waals surface area contributed by atoms with Crippen molar-refractivity contribution in [3.05, 3.63) is 70.5 Å². The first-order chi connectivity index (χ1) is 11.6. The fraction of sp³-hybridized carbons (Fsp3) is 0.200. The predicted octanol–water partition coefficient (Wildman–Crippen LogP) is 4.21. The van der Waals surface area contributed by atoms with Gasteiger partial charge in [-0.3, -0.25) is 4.79 Å². The standard InChI is InChI=1S/C20H17NO3/c1-13-3-8-18-17(12-24-20(18)14(13)2)9-19(22)23-11-16-6-4-15(10-21)5-7-16/h3-8,12H,9,11H2,1-2H3. The molecule has 2 aromatic carbocycles. The normalized spacial score (nSPS) is 10.5. The van der Waals surface area contributed by atoms with Crippen LogP contribution in [0.2, 0.25) is 0 Å². The minimum atomic E-state index is -0.305. The van der Waals surface area contributed by atoms with Gasteiger partial charge in [0.1, 0.15) is 12.2 Å². The molecule has 4 heteroatoms. The van der Waals surface area contributed by atoms with E-state index in [4.69, 9.17) is 14.4 Å². The van der Waals surface area contributed by atoms with Crippen molar-refractivity contribution < 1.29 is 13.9 Å². The molecule has 0 unspecified atom stereocenters. The number of nitrogens with zero attached hydrogens (tertiary/aromatic N) is 1. The third-order valence-corrected chi connectivity index (χ3v) is 4.16. The fourth-order valence-electron chi connectivity index (χ4n) is 2.57. The SMILES string of the molecule is Cc1ccc2c(CC(=O)OCc3ccc(C#N)cc3)coc2c1C. The van der Waals surface area contributed by atoms with Gasteiger partial charge in [-0.2, -0.15) is 5.26 Å². The summed E-state index contributed by atoms with van der Waals surface area (Å²) in [5.41, 5.74) is 5.34. The summed E-state index contributed by atoms with van der Waals surface area (Å²) in [6.07, 6.45) is 1.80. The molecule has 0 saturated heterocycles. The molecule has 0 spiro atoms. The lowest BCUT2D eigenvalue weighted by Gasteiger charge is -2.05. The van der Waals surface area contributed by atoms with Crippen LogP contribution in [0.25, 0.3) is 11.0 Å². The van der Waals surface area contributed by atoms with Crippen LogP contribution in [0.1, 0.15) is 27.8 Å². The number of benzene rings is 2. The van der Waals surface area contributed by atoms with Crippen molar-refractivity contribution >= 4 is 16.9 Å². The minimum Gasteiger partial charge on any atom is -0.464 e. The topological polar surface area (TPSA) is 63.2 Å². The van der Waals surface area contributed by atoms with Gasteiger partial charge in [-0.25, -0.2) is 0 Å². The molecular weight excluding hydrogens is 302 g/mol. The van der Waals surface area contributed by atoms with E-state index < -0.39 is 0 Å². The molecule has 0 amide bonds. The highest BCUT2D eigenvalue weighted by atomic mass is 16.5. The third kappa shape index (κ3) is 3.16. The van der Waals surface area contributed by atoms with Gasteiger partial charge in [-0.15, -0.1) is 0 Å². The van der Waals surface area contributed by atoms with Gasteiger partial charge in [0.05, 0.1) is 24.3 Å². The second kappa shape index (κ2) is 6.59. The number of carbonyl (C=O) groups is 1. The summed E-state index contributed by atoms with van der Waals surface area (Å²) in [5, 5.41) is 9.72. The minimum absolute atomic E-state index is 0.172. The molecule has 3 aromatic rings. The summed E-state index contributed by atoms with van der Waals surface area (Å²) in [5.74, 6) is -0.305. The molecule has 0 aliphatic heterocycles. The molecule has 4 nitrogen and oxygen atoms in total. The molecule has 0 aliphatic rings. The highest BCUT2D eigenvalue weighted by molar-refractivity contribution is 5.88. The molecule has 120 valence electrons. The lowest BCUT2D eigenvalue weighted by molar-refractivity contribution is -0.144. The fourth-order valence-corrected chi connectivity index (χ4v) is 2.57. The number of hydrogen-bond acceptors (Lipinski definition) is 4. The van der Waals surface area contributed by atoms with Crippen molar-refractivity contribution in [1.29, 1.82) is 5.26 Å². The molecule has 1 aromatic heterocycles. The Morgan fingerprint density at radius 1 is 1.17 bits per heavy atom. The van der Waals surface area contributed by atoms with Crippen LogP contribution >= 0.6 is 0 Å². The average molecular weight is 319 g/mol. The largest absolute Gasteiger partial charge is 0.464 e. The first kappa shape index (κ1) is 15.8. The van der Waals surface area contributed by atoms with E-state index in [-0.39, 0.29) is 19.0 Å². The quantitative estimate of drug-likeness (QED) is 0.676. The first-order valence-electron chi connectivity index (χ1n) is 7.69. The zero-order valence-corrected chi connectivity index (χ0v) is 13.6. The zero-order chi connectivity index (χ0) is 17.1. The number of rotatable bonds is 4. The molecule has 3 rings (SSSR count). The Bertz CT molecular complexity index is 930. The number of furan rings is 1. The Labute approximate surface area is 140 Å². The number of aryl methyl sites for hydroxylation is 2. The number of hydrogen-bond donors (Lipinski definition) is 0. The lowest BCUT2D eigenvalue weighted by Crippen LogP contribution is -2.07. The van der Waals surface area contributed by atoms with E-state index in [0.717, 1.165) is 33.2 Å². The van der Waals surface area contributed by atoms with Crippen LogP contribution in [-0.4, -0.2) is 5.97 Å². The Balaban J connectivity index is 1.67. The summed E-state index contributed by atoms with van der Waals surface area (Å²) in [6.45, 7) is 4.23. The molecule has 0 radical (unpaired) electrons. The van der Waals surface area contributed by atoms with Gasteiger partial charge in [0.15, 0.2) is 0 Å². The molecular formula is C20H17NO3. The molecule has 0 atom stereocenters. The van der Waals surface area contributed by atoms with Gasteiger partial charge < -0.3 is 9.15 Å². The zero-order valence-electron chi connectivity index (χ0n) is 13.6.